The van der Waals surface area contributed by atoms with Gasteiger partial charge >= 0.3 is 6.09 Å². The summed E-state index contributed by atoms with van der Waals surface area (Å²) < 4.78 is 21.1. The molecule has 3 aromatic rings. The second-order valence-electron chi connectivity index (χ2n) is 8.65. The molecule has 0 saturated heterocycles. The number of aromatic nitrogens is 2. The molecule has 2 N–H and O–H groups in total. The third kappa shape index (κ3) is 4.64. The Bertz CT molecular complexity index is 1160. The number of carbonyl (C=O) groups excluding carboxylic acids is 2. The summed E-state index contributed by atoms with van der Waals surface area (Å²) in [5.74, 6) is -0.740. The van der Waals surface area contributed by atoms with Crippen LogP contribution in [0.3, 0.4) is 0 Å². The maximum absolute atomic E-state index is 14.3. The summed E-state index contributed by atoms with van der Waals surface area (Å²) >= 11 is 0. The van der Waals surface area contributed by atoms with Gasteiger partial charge in [-0.05, 0) is 76.4 Å². The van der Waals surface area contributed by atoms with Gasteiger partial charge in [-0.3, -0.25) is 10.1 Å². The Hall–Kier alpha value is -3.68. The SMILES string of the molecule is CC(C)(C)OC(=O)Nc1ccc(NC(=O)c2nn(-c3ccccc3F)c3c2CCC3)cc1. The monoisotopic (exact) mass is 436 g/mol. The zero-order valence-electron chi connectivity index (χ0n) is 18.2. The van der Waals surface area contributed by atoms with E-state index in [1.807, 2.05) is 0 Å². The Morgan fingerprint density at radius 2 is 1.66 bits per heavy atom. The van der Waals surface area contributed by atoms with E-state index in [0.717, 1.165) is 30.5 Å². The van der Waals surface area contributed by atoms with Gasteiger partial charge in [0.25, 0.3) is 5.91 Å². The molecule has 1 heterocycles. The van der Waals surface area contributed by atoms with Crippen LogP contribution in [0.1, 0.15) is 48.9 Å². The van der Waals surface area contributed by atoms with Crippen molar-refractivity contribution in [3.63, 3.8) is 0 Å². The lowest BCUT2D eigenvalue weighted by Crippen LogP contribution is -2.27. The van der Waals surface area contributed by atoms with Crippen LogP contribution in [0, 0.1) is 5.82 Å². The summed E-state index contributed by atoms with van der Waals surface area (Å²) in [4.78, 5) is 24.8. The Balaban J connectivity index is 1.50. The van der Waals surface area contributed by atoms with Crippen LogP contribution in [0.25, 0.3) is 5.69 Å². The molecule has 1 aromatic heterocycles. The van der Waals surface area contributed by atoms with Gasteiger partial charge in [-0.25, -0.2) is 13.9 Å². The number of carbonyl (C=O) groups is 2. The van der Waals surface area contributed by atoms with E-state index in [1.165, 1.54) is 6.07 Å². The van der Waals surface area contributed by atoms with E-state index >= 15 is 0 Å². The van der Waals surface area contributed by atoms with E-state index in [0.29, 0.717) is 22.8 Å². The largest absolute Gasteiger partial charge is 0.444 e. The Morgan fingerprint density at radius 1 is 1.00 bits per heavy atom. The van der Waals surface area contributed by atoms with Gasteiger partial charge in [0.2, 0.25) is 0 Å². The fraction of sp³-hybridized carbons (Fsp3) is 0.292. The number of nitrogens with zero attached hydrogens (tertiary/aromatic N) is 2. The van der Waals surface area contributed by atoms with Crippen molar-refractivity contribution in [3.8, 4) is 5.69 Å². The minimum absolute atomic E-state index is 0.303. The van der Waals surface area contributed by atoms with Crippen molar-refractivity contribution in [1.29, 1.82) is 0 Å². The number of fused-ring (bicyclic) bond motifs is 1. The number of para-hydroxylation sites is 1. The number of benzene rings is 2. The summed E-state index contributed by atoms with van der Waals surface area (Å²) in [7, 11) is 0. The zero-order chi connectivity index (χ0) is 22.9. The summed E-state index contributed by atoms with van der Waals surface area (Å²) in [6.07, 6.45) is 1.82. The van der Waals surface area contributed by atoms with Gasteiger partial charge in [0.15, 0.2) is 5.69 Å². The quantitative estimate of drug-likeness (QED) is 0.596. The van der Waals surface area contributed by atoms with Gasteiger partial charge in [0, 0.05) is 22.6 Å². The average molecular weight is 436 g/mol. The normalized spacial score (nSPS) is 12.9. The van der Waals surface area contributed by atoms with Gasteiger partial charge in [0.05, 0.1) is 0 Å². The number of anilines is 2. The van der Waals surface area contributed by atoms with Crippen LogP contribution in [-0.2, 0) is 17.6 Å². The van der Waals surface area contributed by atoms with Crippen molar-refractivity contribution in [1.82, 2.24) is 9.78 Å². The van der Waals surface area contributed by atoms with Crippen molar-refractivity contribution in [2.75, 3.05) is 10.6 Å². The molecule has 1 aliphatic rings. The molecule has 8 heteroatoms. The van der Waals surface area contributed by atoms with Gasteiger partial charge in [-0.15, -0.1) is 0 Å². The van der Waals surface area contributed by atoms with Gasteiger partial charge in [-0.1, -0.05) is 12.1 Å². The zero-order valence-corrected chi connectivity index (χ0v) is 18.2. The van der Waals surface area contributed by atoms with E-state index in [2.05, 4.69) is 15.7 Å². The Labute approximate surface area is 185 Å². The maximum atomic E-state index is 14.3. The highest BCUT2D eigenvalue weighted by atomic mass is 19.1. The number of ether oxygens (including phenoxy) is 1. The average Bonchev–Trinajstić information content (AvgIpc) is 3.31. The third-order valence-corrected chi connectivity index (χ3v) is 5.01. The van der Waals surface area contributed by atoms with Crippen LogP contribution in [0.5, 0.6) is 0 Å². The van der Waals surface area contributed by atoms with Crippen LogP contribution in [0.2, 0.25) is 0 Å². The summed E-state index contributed by atoms with van der Waals surface area (Å²) in [5, 5.41) is 9.92. The molecule has 2 aromatic carbocycles. The number of rotatable bonds is 4. The molecule has 32 heavy (non-hydrogen) atoms. The molecule has 0 spiro atoms. The topological polar surface area (TPSA) is 85.2 Å². The fourth-order valence-corrected chi connectivity index (χ4v) is 3.69. The fourth-order valence-electron chi connectivity index (χ4n) is 3.69. The molecule has 166 valence electrons. The molecule has 0 fully saturated rings. The predicted octanol–water partition coefficient (Wildman–Crippen LogP) is 5.10. The van der Waals surface area contributed by atoms with Gasteiger partial charge in [0.1, 0.15) is 17.1 Å². The first-order chi connectivity index (χ1) is 15.2. The molecule has 0 radical (unpaired) electrons. The van der Waals surface area contributed by atoms with Crippen molar-refractivity contribution in [2.24, 2.45) is 0 Å². The van der Waals surface area contributed by atoms with Crippen LogP contribution >= 0.6 is 0 Å². The molecule has 0 unspecified atom stereocenters. The number of amides is 2. The predicted molar refractivity (Wildman–Crippen MR) is 120 cm³/mol. The van der Waals surface area contributed by atoms with Crippen LogP contribution < -0.4 is 10.6 Å². The Kier molecular flexibility index (Phi) is 5.69. The Morgan fingerprint density at radius 3 is 2.31 bits per heavy atom. The first kappa shape index (κ1) is 21.5. The molecule has 1 aliphatic carbocycles. The summed E-state index contributed by atoms with van der Waals surface area (Å²) in [6.45, 7) is 5.36. The summed E-state index contributed by atoms with van der Waals surface area (Å²) in [6, 6.07) is 13.1. The molecule has 4 rings (SSSR count). The standard InChI is InChI=1S/C24H25FN4O3/c1-24(2,3)32-23(31)27-16-13-11-15(12-14-16)26-22(30)21-17-7-6-10-19(17)29(28-21)20-9-5-4-8-18(20)25/h4-5,8-9,11-14H,6-7,10H2,1-3H3,(H,26,30)(H,27,31). The van der Waals surface area contributed by atoms with E-state index in [-0.39, 0.29) is 11.7 Å². The molecule has 0 atom stereocenters. The lowest BCUT2D eigenvalue weighted by atomic mass is 10.2. The van der Waals surface area contributed by atoms with E-state index in [1.54, 1.807) is 67.9 Å². The van der Waals surface area contributed by atoms with Crippen molar-refractivity contribution < 1.29 is 18.7 Å². The number of hydrogen-bond acceptors (Lipinski definition) is 4. The molecule has 2 amide bonds. The smallest absolute Gasteiger partial charge is 0.412 e. The third-order valence-electron chi connectivity index (χ3n) is 5.01. The number of nitrogens with one attached hydrogen (secondary N) is 2. The first-order valence-corrected chi connectivity index (χ1v) is 10.5. The molecular formula is C24H25FN4O3. The molecular weight excluding hydrogens is 411 g/mol. The second kappa shape index (κ2) is 8.45. The minimum Gasteiger partial charge on any atom is -0.444 e. The van der Waals surface area contributed by atoms with E-state index in [9.17, 15) is 14.0 Å². The van der Waals surface area contributed by atoms with Crippen molar-refractivity contribution in [3.05, 3.63) is 71.3 Å². The van der Waals surface area contributed by atoms with Crippen LogP contribution in [0.4, 0.5) is 20.6 Å². The van der Waals surface area contributed by atoms with Gasteiger partial charge in [-0.2, -0.15) is 5.10 Å². The van der Waals surface area contributed by atoms with Crippen molar-refractivity contribution in [2.45, 2.75) is 45.6 Å². The summed E-state index contributed by atoms with van der Waals surface area (Å²) in [5.41, 5.74) is 2.87. The molecule has 7 nitrogen and oxygen atoms in total. The van der Waals surface area contributed by atoms with E-state index in [4.69, 9.17) is 4.74 Å². The highest BCUT2D eigenvalue weighted by Crippen LogP contribution is 2.29. The van der Waals surface area contributed by atoms with E-state index < -0.39 is 11.7 Å². The number of hydrogen-bond donors (Lipinski definition) is 2. The molecule has 0 aliphatic heterocycles. The second-order valence-corrected chi connectivity index (χ2v) is 8.65. The maximum Gasteiger partial charge on any atom is 0.412 e. The van der Waals surface area contributed by atoms with Crippen LogP contribution in [0.15, 0.2) is 48.5 Å². The molecule has 0 bridgehead atoms. The van der Waals surface area contributed by atoms with Crippen molar-refractivity contribution >= 4 is 23.4 Å². The number of halogens is 1. The lowest BCUT2D eigenvalue weighted by Gasteiger charge is -2.19. The molecule has 0 saturated carbocycles. The van der Waals surface area contributed by atoms with Gasteiger partial charge < -0.3 is 10.1 Å². The highest BCUT2D eigenvalue weighted by molar-refractivity contribution is 6.04. The first-order valence-electron chi connectivity index (χ1n) is 10.5. The lowest BCUT2D eigenvalue weighted by molar-refractivity contribution is 0.0635. The minimum atomic E-state index is -0.593. The van der Waals surface area contributed by atoms with Crippen LogP contribution in [-0.4, -0.2) is 27.4 Å². The highest BCUT2D eigenvalue weighted by Gasteiger charge is 2.27.